The van der Waals surface area contributed by atoms with Gasteiger partial charge in [-0.2, -0.15) is 10.5 Å². The van der Waals surface area contributed by atoms with Crippen molar-refractivity contribution in [3.63, 3.8) is 0 Å². The first-order chi connectivity index (χ1) is 20.8. The Kier molecular flexibility index (Phi) is 7.92. The van der Waals surface area contributed by atoms with Crippen LogP contribution >= 0.6 is 22.7 Å². The van der Waals surface area contributed by atoms with Crippen LogP contribution in [0.2, 0.25) is 0 Å². The smallest absolute Gasteiger partial charge is 0.102 e. The number of allylic oxidation sites excluding steroid dienone is 2. The largest absolute Gasteiger partial charge is 0.302 e. The van der Waals surface area contributed by atoms with Crippen molar-refractivity contribution in [3.8, 4) is 12.1 Å². The summed E-state index contributed by atoms with van der Waals surface area (Å²) in [6.07, 6.45) is 0. The molecule has 0 atom stereocenters. The van der Waals surface area contributed by atoms with E-state index < -0.39 is 0 Å². The first-order valence-corrected chi connectivity index (χ1v) is 15.0. The molecular weight excluding hydrogens is 553 g/mol. The molecule has 0 amide bonds. The number of nitrogens with zero attached hydrogens (tertiary/aromatic N) is 4. The number of rotatable bonds is 8. The number of hydrogen-bond donors (Lipinski definition) is 0. The molecule has 4 aromatic carbocycles. The Balaban J connectivity index is 1.41. The average molecular weight is 577 g/mol. The average Bonchev–Trinajstić information content (AvgIpc) is 3.73. The normalized spacial score (nSPS) is 11.2. The van der Waals surface area contributed by atoms with Gasteiger partial charge < -0.3 is 9.80 Å². The fourth-order valence-electron chi connectivity index (χ4n) is 4.75. The number of anilines is 6. The first kappa shape index (κ1) is 26.8. The van der Waals surface area contributed by atoms with E-state index in [1.54, 1.807) is 0 Å². The van der Waals surface area contributed by atoms with E-state index in [1.165, 1.54) is 22.7 Å². The topological polar surface area (TPSA) is 54.1 Å². The molecule has 0 aliphatic heterocycles. The van der Waals surface area contributed by atoms with Crippen LogP contribution in [0.4, 0.5) is 32.8 Å². The first-order valence-electron chi connectivity index (χ1n) is 13.3. The van der Waals surface area contributed by atoms with Gasteiger partial charge in [0, 0.05) is 32.5 Å². The van der Waals surface area contributed by atoms with E-state index in [4.69, 9.17) is 0 Å². The Bertz CT molecular complexity index is 1680. The molecule has 200 valence electrons. The highest BCUT2D eigenvalue weighted by Gasteiger charge is 2.21. The van der Waals surface area contributed by atoms with Crippen molar-refractivity contribution in [2.75, 3.05) is 9.80 Å². The van der Waals surface area contributed by atoms with E-state index in [1.807, 2.05) is 97.1 Å². The van der Waals surface area contributed by atoms with Gasteiger partial charge in [0.1, 0.15) is 22.1 Å². The van der Waals surface area contributed by atoms with Crippen molar-refractivity contribution in [2.24, 2.45) is 0 Å². The molecule has 0 unspecified atom stereocenters. The number of thiophene rings is 2. The van der Waals surface area contributed by atoms with Gasteiger partial charge >= 0.3 is 0 Å². The second kappa shape index (κ2) is 12.4. The lowest BCUT2D eigenvalue weighted by atomic mass is 10.1. The SMILES string of the molecule is N#CC(=C(C#N)c1ccc(N(c2ccccc2)c2ccccc2)s1)c1ccc(N(c2ccccc2)c2ccccc2)s1. The molecule has 0 spiro atoms. The van der Waals surface area contributed by atoms with Gasteiger partial charge in [0.05, 0.1) is 11.1 Å². The van der Waals surface area contributed by atoms with Gasteiger partial charge in [-0.1, -0.05) is 72.8 Å². The minimum atomic E-state index is 0.370. The van der Waals surface area contributed by atoms with E-state index in [9.17, 15) is 10.5 Å². The fraction of sp³-hybridized carbons (Fsp3) is 0. The van der Waals surface area contributed by atoms with Crippen molar-refractivity contribution in [3.05, 3.63) is 155 Å². The van der Waals surface area contributed by atoms with Crippen LogP contribution in [0, 0.1) is 22.7 Å². The van der Waals surface area contributed by atoms with Gasteiger partial charge in [-0.3, -0.25) is 0 Å². The zero-order chi connectivity index (χ0) is 28.7. The van der Waals surface area contributed by atoms with Crippen LogP contribution in [0.5, 0.6) is 0 Å². The quantitative estimate of drug-likeness (QED) is 0.169. The second-order valence-corrected chi connectivity index (χ2v) is 11.4. The number of nitriles is 2. The van der Waals surface area contributed by atoms with E-state index in [2.05, 4.69) is 70.5 Å². The molecule has 6 heteroatoms. The van der Waals surface area contributed by atoms with Gasteiger partial charge in [-0.25, -0.2) is 0 Å². The molecule has 0 bridgehead atoms. The molecule has 6 rings (SSSR count). The Hall–Kier alpha value is -5.40. The van der Waals surface area contributed by atoms with Crippen molar-refractivity contribution >= 4 is 66.6 Å². The molecule has 0 aliphatic rings. The number of para-hydroxylation sites is 4. The summed E-state index contributed by atoms with van der Waals surface area (Å²) in [6, 6.07) is 53.1. The van der Waals surface area contributed by atoms with Crippen LogP contribution in [0.25, 0.3) is 11.1 Å². The van der Waals surface area contributed by atoms with Crippen LogP contribution in [0.15, 0.2) is 146 Å². The maximum atomic E-state index is 10.3. The summed E-state index contributed by atoms with van der Waals surface area (Å²) in [4.78, 5) is 5.82. The highest BCUT2D eigenvalue weighted by Crippen LogP contribution is 2.44. The zero-order valence-electron chi connectivity index (χ0n) is 22.5. The van der Waals surface area contributed by atoms with Crippen LogP contribution in [0.1, 0.15) is 9.75 Å². The van der Waals surface area contributed by atoms with Crippen molar-refractivity contribution in [1.82, 2.24) is 0 Å². The molecule has 0 saturated carbocycles. The summed E-state index contributed by atoms with van der Waals surface area (Å²) < 4.78 is 0. The molecule has 0 fully saturated rings. The summed E-state index contributed by atoms with van der Waals surface area (Å²) >= 11 is 2.99. The fourth-order valence-corrected chi connectivity index (χ4v) is 6.85. The summed E-state index contributed by atoms with van der Waals surface area (Å²) in [5, 5.41) is 22.6. The van der Waals surface area contributed by atoms with Crippen molar-refractivity contribution in [1.29, 1.82) is 10.5 Å². The monoisotopic (exact) mass is 576 g/mol. The highest BCUT2D eigenvalue weighted by atomic mass is 32.1. The molecule has 0 saturated heterocycles. The summed E-state index contributed by atoms with van der Waals surface area (Å²) in [5.74, 6) is 0. The van der Waals surface area contributed by atoms with E-state index in [0.29, 0.717) is 11.1 Å². The number of hydrogen-bond acceptors (Lipinski definition) is 6. The summed E-state index contributed by atoms with van der Waals surface area (Å²) in [7, 11) is 0. The predicted octanol–water partition coefficient (Wildman–Crippen LogP) is 10.7. The zero-order valence-corrected chi connectivity index (χ0v) is 24.1. The third-order valence-corrected chi connectivity index (χ3v) is 8.82. The van der Waals surface area contributed by atoms with Gasteiger partial charge in [0.15, 0.2) is 0 Å². The molecule has 2 aromatic heterocycles. The molecule has 2 heterocycles. The second-order valence-electron chi connectivity index (χ2n) is 9.26. The molecule has 0 N–H and O–H groups in total. The number of benzene rings is 4. The third-order valence-electron chi connectivity index (χ3n) is 6.65. The summed E-state index contributed by atoms with van der Waals surface area (Å²) in [5.41, 5.74) is 4.81. The molecule has 42 heavy (non-hydrogen) atoms. The summed E-state index contributed by atoms with van der Waals surface area (Å²) in [6.45, 7) is 0. The lowest BCUT2D eigenvalue weighted by molar-refractivity contribution is 1.32. The standard InChI is InChI=1S/C36H24N4S2/c37-25-31(33-21-23-35(41-33)39(27-13-5-1-6-14-27)28-15-7-2-8-16-28)32(26-38)34-22-24-36(42-34)40(29-17-9-3-10-18-29)30-19-11-4-12-20-30/h1-24H. The van der Waals surface area contributed by atoms with E-state index >= 15 is 0 Å². The van der Waals surface area contributed by atoms with Crippen LogP contribution in [-0.2, 0) is 0 Å². The Morgan fingerprint density at radius 3 is 0.952 bits per heavy atom. The Morgan fingerprint density at radius 2 is 0.690 bits per heavy atom. The van der Waals surface area contributed by atoms with E-state index in [-0.39, 0.29) is 0 Å². The lowest BCUT2D eigenvalue weighted by Gasteiger charge is -2.23. The Labute approximate surface area is 253 Å². The minimum absolute atomic E-state index is 0.370. The third kappa shape index (κ3) is 5.46. The maximum absolute atomic E-state index is 10.3. The predicted molar refractivity (Wildman–Crippen MR) is 176 cm³/mol. The Morgan fingerprint density at radius 1 is 0.405 bits per heavy atom. The van der Waals surface area contributed by atoms with Crippen molar-refractivity contribution < 1.29 is 0 Å². The molecule has 0 radical (unpaired) electrons. The van der Waals surface area contributed by atoms with Crippen LogP contribution in [-0.4, -0.2) is 0 Å². The van der Waals surface area contributed by atoms with Crippen LogP contribution in [0.3, 0.4) is 0 Å². The lowest BCUT2D eigenvalue weighted by Crippen LogP contribution is -2.07. The molecule has 6 aromatic rings. The van der Waals surface area contributed by atoms with Gasteiger partial charge in [-0.05, 0) is 72.8 Å². The van der Waals surface area contributed by atoms with Crippen molar-refractivity contribution in [2.45, 2.75) is 0 Å². The molecule has 4 nitrogen and oxygen atoms in total. The highest BCUT2D eigenvalue weighted by molar-refractivity contribution is 7.18. The van der Waals surface area contributed by atoms with E-state index in [0.717, 1.165) is 42.5 Å². The van der Waals surface area contributed by atoms with Gasteiger partial charge in [0.25, 0.3) is 0 Å². The molecule has 0 aliphatic carbocycles. The minimum Gasteiger partial charge on any atom is -0.302 e. The van der Waals surface area contributed by atoms with Gasteiger partial charge in [0.2, 0.25) is 0 Å². The van der Waals surface area contributed by atoms with Gasteiger partial charge in [-0.15, -0.1) is 22.7 Å². The molecular formula is C36H24N4S2. The van der Waals surface area contributed by atoms with Crippen LogP contribution < -0.4 is 9.80 Å². The maximum Gasteiger partial charge on any atom is 0.102 e.